The summed E-state index contributed by atoms with van der Waals surface area (Å²) in [6.45, 7) is 2.84. The van der Waals surface area contributed by atoms with Crippen molar-refractivity contribution < 1.29 is 4.79 Å². The van der Waals surface area contributed by atoms with Gasteiger partial charge in [0.05, 0.1) is 6.42 Å². The molecule has 2 nitrogen and oxygen atoms in total. The Balaban J connectivity index is 1.78. The van der Waals surface area contributed by atoms with E-state index in [1.54, 1.807) is 0 Å². The van der Waals surface area contributed by atoms with Gasteiger partial charge in [-0.15, -0.1) is 0 Å². The van der Waals surface area contributed by atoms with E-state index in [2.05, 4.69) is 41.1 Å². The second-order valence-electron chi connectivity index (χ2n) is 5.23. The van der Waals surface area contributed by atoms with Crippen LogP contribution in [0.2, 0.25) is 0 Å². The summed E-state index contributed by atoms with van der Waals surface area (Å²) >= 11 is 3.48. The lowest BCUT2D eigenvalue weighted by atomic mass is 10.1. The molecule has 0 atom stereocenters. The fraction of sp³-hybridized carbons (Fsp3) is 0.235. The number of amides is 1. The summed E-state index contributed by atoms with van der Waals surface area (Å²) in [6, 6.07) is 14.3. The van der Waals surface area contributed by atoms with Gasteiger partial charge in [-0.05, 0) is 42.7 Å². The molecular formula is C17H16BrNO. The van der Waals surface area contributed by atoms with E-state index >= 15 is 0 Å². The highest BCUT2D eigenvalue weighted by atomic mass is 79.9. The van der Waals surface area contributed by atoms with E-state index in [0.717, 1.165) is 28.7 Å². The summed E-state index contributed by atoms with van der Waals surface area (Å²) in [5.41, 5.74) is 4.60. The SMILES string of the molecule is Cc1ccc(CC(=O)N2CCc3cc(Br)ccc32)cc1. The molecule has 1 heterocycles. The first-order valence-electron chi connectivity index (χ1n) is 6.78. The third kappa shape index (κ3) is 2.63. The van der Waals surface area contributed by atoms with Crippen molar-refractivity contribution in [2.45, 2.75) is 19.8 Å². The lowest BCUT2D eigenvalue weighted by molar-refractivity contribution is -0.117. The molecule has 0 spiro atoms. The third-order valence-electron chi connectivity index (χ3n) is 3.71. The summed E-state index contributed by atoms with van der Waals surface area (Å²) in [6.07, 6.45) is 1.41. The zero-order valence-corrected chi connectivity index (χ0v) is 13.0. The van der Waals surface area contributed by atoms with Crippen LogP contribution in [0.15, 0.2) is 46.9 Å². The Morgan fingerprint density at radius 1 is 1.20 bits per heavy atom. The summed E-state index contributed by atoms with van der Waals surface area (Å²) in [5, 5.41) is 0. The molecule has 0 saturated carbocycles. The van der Waals surface area contributed by atoms with Crippen LogP contribution < -0.4 is 4.90 Å². The van der Waals surface area contributed by atoms with Gasteiger partial charge < -0.3 is 4.90 Å². The minimum absolute atomic E-state index is 0.176. The second kappa shape index (κ2) is 5.41. The predicted octanol–water partition coefficient (Wildman–Crippen LogP) is 3.89. The predicted molar refractivity (Wildman–Crippen MR) is 85.1 cm³/mol. The Kier molecular flexibility index (Phi) is 3.62. The summed E-state index contributed by atoms with van der Waals surface area (Å²) in [5.74, 6) is 0.176. The number of hydrogen-bond donors (Lipinski definition) is 0. The fourth-order valence-corrected chi connectivity index (χ4v) is 3.01. The van der Waals surface area contributed by atoms with Gasteiger partial charge in [0.2, 0.25) is 5.91 Å². The van der Waals surface area contributed by atoms with Crippen LogP contribution >= 0.6 is 15.9 Å². The number of hydrogen-bond acceptors (Lipinski definition) is 1. The van der Waals surface area contributed by atoms with Crippen LogP contribution in [0.5, 0.6) is 0 Å². The second-order valence-corrected chi connectivity index (χ2v) is 6.15. The van der Waals surface area contributed by atoms with Crippen LogP contribution in [0.4, 0.5) is 5.69 Å². The maximum Gasteiger partial charge on any atom is 0.231 e. The number of benzene rings is 2. The number of anilines is 1. The maximum atomic E-state index is 12.5. The minimum Gasteiger partial charge on any atom is -0.312 e. The van der Waals surface area contributed by atoms with Gasteiger partial charge in [0, 0.05) is 16.7 Å². The van der Waals surface area contributed by atoms with Gasteiger partial charge in [-0.2, -0.15) is 0 Å². The van der Waals surface area contributed by atoms with E-state index in [-0.39, 0.29) is 5.91 Å². The molecule has 2 aromatic carbocycles. The molecule has 102 valence electrons. The molecule has 0 aromatic heterocycles. The van der Waals surface area contributed by atoms with Gasteiger partial charge in [0.25, 0.3) is 0 Å². The standard InChI is InChI=1S/C17H16BrNO/c1-12-2-4-13(5-3-12)10-17(20)19-9-8-14-11-15(18)6-7-16(14)19/h2-7,11H,8-10H2,1H3. The van der Waals surface area contributed by atoms with Crippen molar-refractivity contribution in [3.05, 3.63) is 63.6 Å². The van der Waals surface area contributed by atoms with Crippen LogP contribution in [-0.2, 0) is 17.6 Å². The summed E-state index contributed by atoms with van der Waals surface area (Å²) in [4.78, 5) is 14.4. The van der Waals surface area contributed by atoms with Crippen molar-refractivity contribution in [2.75, 3.05) is 11.4 Å². The first-order chi connectivity index (χ1) is 9.63. The highest BCUT2D eigenvalue weighted by Crippen LogP contribution is 2.30. The molecule has 0 unspecified atom stereocenters. The summed E-state index contributed by atoms with van der Waals surface area (Å²) < 4.78 is 1.07. The molecule has 2 aromatic rings. The normalized spacial score (nSPS) is 13.4. The molecule has 1 aliphatic rings. The Labute approximate surface area is 127 Å². The average Bonchev–Trinajstić information content (AvgIpc) is 2.84. The van der Waals surface area contributed by atoms with Crippen LogP contribution in [-0.4, -0.2) is 12.5 Å². The van der Waals surface area contributed by atoms with Crippen LogP contribution in [0.3, 0.4) is 0 Å². The molecule has 1 aliphatic heterocycles. The number of aryl methyl sites for hydroxylation is 1. The van der Waals surface area contributed by atoms with Crippen molar-refractivity contribution in [3.63, 3.8) is 0 Å². The first kappa shape index (κ1) is 13.4. The van der Waals surface area contributed by atoms with Crippen molar-refractivity contribution in [1.82, 2.24) is 0 Å². The van der Waals surface area contributed by atoms with Crippen molar-refractivity contribution in [1.29, 1.82) is 0 Å². The van der Waals surface area contributed by atoms with Gasteiger partial charge >= 0.3 is 0 Å². The summed E-state index contributed by atoms with van der Waals surface area (Å²) in [7, 11) is 0. The molecule has 0 aliphatic carbocycles. The van der Waals surface area contributed by atoms with E-state index in [9.17, 15) is 4.79 Å². The van der Waals surface area contributed by atoms with E-state index in [0.29, 0.717) is 6.42 Å². The minimum atomic E-state index is 0.176. The molecular weight excluding hydrogens is 314 g/mol. The van der Waals surface area contributed by atoms with E-state index in [1.807, 2.05) is 29.2 Å². The number of nitrogens with zero attached hydrogens (tertiary/aromatic N) is 1. The smallest absolute Gasteiger partial charge is 0.231 e. The molecule has 20 heavy (non-hydrogen) atoms. The van der Waals surface area contributed by atoms with E-state index in [4.69, 9.17) is 0 Å². The number of carbonyl (C=O) groups is 1. The lowest BCUT2D eigenvalue weighted by Gasteiger charge is -2.17. The Bertz CT molecular complexity index is 649. The molecule has 3 rings (SSSR count). The van der Waals surface area contributed by atoms with Gasteiger partial charge in [-0.25, -0.2) is 0 Å². The Hall–Kier alpha value is -1.61. The maximum absolute atomic E-state index is 12.5. The topological polar surface area (TPSA) is 20.3 Å². The van der Waals surface area contributed by atoms with E-state index < -0.39 is 0 Å². The van der Waals surface area contributed by atoms with Crippen molar-refractivity contribution in [3.8, 4) is 0 Å². The number of fused-ring (bicyclic) bond motifs is 1. The number of halogens is 1. The Morgan fingerprint density at radius 3 is 2.70 bits per heavy atom. The van der Waals surface area contributed by atoms with Gasteiger partial charge in [-0.1, -0.05) is 45.8 Å². The molecule has 0 saturated heterocycles. The molecule has 1 amide bonds. The molecule has 3 heteroatoms. The van der Waals surface area contributed by atoms with Crippen LogP contribution in [0.1, 0.15) is 16.7 Å². The monoisotopic (exact) mass is 329 g/mol. The highest BCUT2D eigenvalue weighted by Gasteiger charge is 2.24. The Morgan fingerprint density at radius 2 is 1.95 bits per heavy atom. The van der Waals surface area contributed by atoms with Crippen LogP contribution in [0.25, 0.3) is 0 Å². The van der Waals surface area contributed by atoms with Gasteiger partial charge in [0.15, 0.2) is 0 Å². The molecule has 0 N–H and O–H groups in total. The number of carbonyl (C=O) groups excluding carboxylic acids is 1. The largest absolute Gasteiger partial charge is 0.312 e. The molecule has 0 fully saturated rings. The molecule has 0 bridgehead atoms. The average molecular weight is 330 g/mol. The highest BCUT2D eigenvalue weighted by molar-refractivity contribution is 9.10. The van der Waals surface area contributed by atoms with Gasteiger partial charge in [-0.3, -0.25) is 4.79 Å². The van der Waals surface area contributed by atoms with Crippen molar-refractivity contribution >= 4 is 27.5 Å². The quantitative estimate of drug-likeness (QED) is 0.818. The van der Waals surface area contributed by atoms with E-state index in [1.165, 1.54) is 11.1 Å². The zero-order valence-electron chi connectivity index (χ0n) is 11.4. The lowest BCUT2D eigenvalue weighted by Crippen LogP contribution is -2.30. The molecule has 0 radical (unpaired) electrons. The van der Waals surface area contributed by atoms with Gasteiger partial charge in [0.1, 0.15) is 0 Å². The third-order valence-corrected chi connectivity index (χ3v) is 4.21. The fourth-order valence-electron chi connectivity index (χ4n) is 2.61. The zero-order chi connectivity index (χ0) is 14.1. The van der Waals surface area contributed by atoms with Crippen LogP contribution in [0, 0.1) is 6.92 Å². The first-order valence-corrected chi connectivity index (χ1v) is 7.57. The van der Waals surface area contributed by atoms with Crippen molar-refractivity contribution in [2.24, 2.45) is 0 Å². The number of rotatable bonds is 2.